The van der Waals surface area contributed by atoms with Gasteiger partial charge < -0.3 is 9.84 Å². The molecule has 3 N–H and O–H groups in total. The molecular formula is C9H10FNO4. The molecule has 0 atom stereocenters. The van der Waals surface area contributed by atoms with Crippen LogP contribution in [0.3, 0.4) is 0 Å². The first-order chi connectivity index (χ1) is 7.10. The lowest BCUT2D eigenvalue weighted by molar-refractivity contribution is 0.0595. The van der Waals surface area contributed by atoms with Crippen molar-refractivity contribution < 1.29 is 23.9 Å². The van der Waals surface area contributed by atoms with Gasteiger partial charge in [0.05, 0.1) is 13.7 Å². The summed E-state index contributed by atoms with van der Waals surface area (Å²) in [6.07, 6.45) is 0. The Morgan fingerprint density at radius 3 is 2.80 bits per heavy atom. The topological polar surface area (TPSA) is 81.8 Å². The van der Waals surface area contributed by atoms with Gasteiger partial charge in [-0.15, -0.1) is 0 Å². The van der Waals surface area contributed by atoms with Gasteiger partial charge in [0.1, 0.15) is 5.56 Å². The number of hydrogen-bond donors (Lipinski definition) is 2. The zero-order valence-corrected chi connectivity index (χ0v) is 7.99. The molecule has 0 aliphatic rings. The highest BCUT2D eigenvalue weighted by Gasteiger charge is 2.16. The first kappa shape index (κ1) is 11.4. The maximum Gasteiger partial charge on any atom is 0.341 e. The molecule has 1 aromatic rings. The van der Waals surface area contributed by atoms with Gasteiger partial charge in [0.25, 0.3) is 0 Å². The summed E-state index contributed by atoms with van der Waals surface area (Å²) in [6.45, 7) is -0.0683. The average molecular weight is 215 g/mol. The van der Waals surface area contributed by atoms with E-state index in [1.807, 2.05) is 0 Å². The van der Waals surface area contributed by atoms with Gasteiger partial charge >= 0.3 is 5.97 Å². The smallest absolute Gasteiger partial charge is 0.341 e. The number of phenolic OH excluding ortho intramolecular Hbond substituents is 1. The Balaban J connectivity index is 3.18. The van der Waals surface area contributed by atoms with Gasteiger partial charge in [0.2, 0.25) is 0 Å². The highest BCUT2D eigenvalue weighted by Crippen LogP contribution is 2.24. The van der Waals surface area contributed by atoms with Crippen molar-refractivity contribution in [1.82, 2.24) is 0 Å². The largest absolute Gasteiger partial charge is 0.504 e. The van der Waals surface area contributed by atoms with Gasteiger partial charge in [0, 0.05) is 0 Å². The first-order valence-electron chi connectivity index (χ1n) is 4.01. The van der Waals surface area contributed by atoms with Crippen LogP contribution < -0.4 is 5.90 Å². The summed E-state index contributed by atoms with van der Waals surface area (Å²) in [5, 5.41) is 9.24. The van der Waals surface area contributed by atoms with Crippen molar-refractivity contribution >= 4 is 5.97 Å². The lowest BCUT2D eigenvalue weighted by Gasteiger charge is -2.06. The lowest BCUT2D eigenvalue weighted by Crippen LogP contribution is -2.06. The molecule has 0 unspecified atom stereocenters. The fraction of sp³-hybridized carbons (Fsp3) is 0.222. The summed E-state index contributed by atoms with van der Waals surface area (Å²) in [7, 11) is 1.13. The van der Waals surface area contributed by atoms with E-state index in [1.54, 1.807) is 0 Å². The minimum absolute atomic E-state index is 0.0683. The minimum Gasteiger partial charge on any atom is -0.504 e. The molecule has 5 nitrogen and oxygen atoms in total. The second-order valence-electron chi connectivity index (χ2n) is 2.78. The maximum atomic E-state index is 13.1. The van der Waals surface area contributed by atoms with E-state index in [-0.39, 0.29) is 12.2 Å². The van der Waals surface area contributed by atoms with Crippen LogP contribution >= 0.6 is 0 Å². The van der Waals surface area contributed by atoms with Crippen LogP contribution in [0.4, 0.5) is 4.39 Å². The van der Waals surface area contributed by atoms with Crippen LogP contribution in [0.1, 0.15) is 15.9 Å². The maximum absolute atomic E-state index is 13.1. The number of esters is 1. The number of benzene rings is 1. The van der Waals surface area contributed by atoms with Gasteiger partial charge in [0.15, 0.2) is 11.6 Å². The summed E-state index contributed by atoms with van der Waals surface area (Å²) in [4.78, 5) is 15.4. The van der Waals surface area contributed by atoms with Gasteiger partial charge in [-0.25, -0.2) is 15.1 Å². The third-order valence-corrected chi connectivity index (χ3v) is 1.78. The molecule has 1 aromatic carbocycles. The number of carbonyl (C=O) groups is 1. The van der Waals surface area contributed by atoms with E-state index >= 15 is 0 Å². The highest BCUT2D eigenvalue weighted by molar-refractivity contribution is 5.92. The minimum atomic E-state index is -0.926. The highest BCUT2D eigenvalue weighted by atomic mass is 19.1. The number of carbonyl (C=O) groups excluding carboxylic acids is 1. The quantitative estimate of drug-likeness (QED) is 0.573. The average Bonchev–Trinajstić information content (AvgIpc) is 2.22. The fourth-order valence-corrected chi connectivity index (χ4v) is 1.10. The van der Waals surface area contributed by atoms with Gasteiger partial charge in [-0.2, -0.15) is 0 Å². The van der Waals surface area contributed by atoms with E-state index in [9.17, 15) is 14.3 Å². The molecule has 0 aromatic heterocycles. The van der Waals surface area contributed by atoms with Crippen molar-refractivity contribution in [2.45, 2.75) is 6.61 Å². The molecule has 0 aliphatic heterocycles. The van der Waals surface area contributed by atoms with Crippen LogP contribution in [0.25, 0.3) is 0 Å². The van der Waals surface area contributed by atoms with Crippen LogP contribution in [0.5, 0.6) is 5.75 Å². The Hall–Kier alpha value is -1.66. The van der Waals surface area contributed by atoms with E-state index in [0.717, 1.165) is 13.2 Å². The van der Waals surface area contributed by atoms with Gasteiger partial charge in [-0.3, -0.25) is 4.84 Å². The molecule has 1 rings (SSSR count). The third-order valence-electron chi connectivity index (χ3n) is 1.78. The van der Waals surface area contributed by atoms with Crippen LogP contribution in [0, 0.1) is 5.82 Å². The normalized spacial score (nSPS) is 10.1. The molecule has 0 saturated heterocycles. The molecule has 0 aliphatic carbocycles. The number of methoxy groups -OCH3 is 1. The van der Waals surface area contributed by atoms with Crippen molar-refractivity contribution in [3.05, 3.63) is 29.1 Å². The Bertz CT molecular complexity index is 381. The summed E-state index contributed by atoms with van der Waals surface area (Å²) in [5.41, 5.74) is 0.0674. The standard InChI is InChI=1S/C9H10FNO4/c1-14-9(13)6-2-5(4-15-11)3-7(10)8(6)12/h2-3,12H,4,11H2,1H3. The molecule has 0 heterocycles. The van der Waals surface area contributed by atoms with E-state index < -0.39 is 17.5 Å². The molecule has 82 valence electrons. The zero-order valence-electron chi connectivity index (χ0n) is 7.99. The summed E-state index contributed by atoms with van der Waals surface area (Å²) in [6, 6.07) is 2.27. The van der Waals surface area contributed by atoms with E-state index in [2.05, 4.69) is 9.57 Å². The molecule has 0 amide bonds. The monoisotopic (exact) mass is 215 g/mol. The van der Waals surface area contributed by atoms with E-state index in [0.29, 0.717) is 5.56 Å². The zero-order chi connectivity index (χ0) is 11.4. The summed E-state index contributed by atoms with van der Waals surface area (Å²) >= 11 is 0. The number of phenols is 1. The molecule has 0 fully saturated rings. The number of hydrogen-bond acceptors (Lipinski definition) is 5. The molecule has 0 saturated carbocycles. The van der Waals surface area contributed by atoms with Crippen LogP contribution in [-0.4, -0.2) is 18.2 Å². The van der Waals surface area contributed by atoms with Crippen molar-refractivity contribution in [3.63, 3.8) is 0 Å². The summed E-state index contributed by atoms with van der Waals surface area (Å²) in [5.74, 6) is 2.30. The Morgan fingerprint density at radius 2 is 2.27 bits per heavy atom. The van der Waals surface area contributed by atoms with Crippen molar-refractivity contribution in [2.75, 3.05) is 7.11 Å². The molecule has 6 heteroatoms. The van der Waals surface area contributed by atoms with Crippen LogP contribution in [-0.2, 0) is 16.2 Å². The lowest BCUT2D eigenvalue weighted by atomic mass is 10.1. The fourth-order valence-electron chi connectivity index (χ4n) is 1.10. The van der Waals surface area contributed by atoms with Gasteiger partial charge in [-0.1, -0.05) is 0 Å². The molecule has 0 bridgehead atoms. The van der Waals surface area contributed by atoms with Crippen molar-refractivity contribution in [2.24, 2.45) is 5.90 Å². The Morgan fingerprint density at radius 1 is 1.60 bits per heavy atom. The first-order valence-corrected chi connectivity index (χ1v) is 4.01. The predicted octanol–water partition coefficient (Wildman–Crippen LogP) is 0.708. The predicted molar refractivity (Wildman–Crippen MR) is 48.4 cm³/mol. The molecule has 0 spiro atoms. The van der Waals surface area contributed by atoms with Crippen molar-refractivity contribution in [3.8, 4) is 5.75 Å². The van der Waals surface area contributed by atoms with Crippen LogP contribution in [0.2, 0.25) is 0 Å². The second-order valence-corrected chi connectivity index (χ2v) is 2.78. The number of rotatable bonds is 3. The Labute approximate surface area is 85.2 Å². The Kier molecular flexibility index (Phi) is 3.59. The third kappa shape index (κ3) is 2.42. The second kappa shape index (κ2) is 4.72. The number of halogens is 1. The van der Waals surface area contributed by atoms with Crippen LogP contribution in [0.15, 0.2) is 12.1 Å². The molecule has 0 radical (unpaired) electrons. The number of ether oxygens (including phenoxy) is 1. The van der Waals surface area contributed by atoms with Gasteiger partial charge in [-0.05, 0) is 17.7 Å². The van der Waals surface area contributed by atoms with Crippen molar-refractivity contribution in [1.29, 1.82) is 0 Å². The number of nitrogens with two attached hydrogens (primary N) is 1. The van der Waals surface area contributed by atoms with E-state index in [1.165, 1.54) is 6.07 Å². The molecular weight excluding hydrogens is 205 g/mol. The van der Waals surface area contributed by atoms with E-state index in [4.69, 9.17) is 5.90 Å². The SMILES string of the molecule is COC(=O)c1cc(CON)cc(F)c1O. The summed E-state index contributed by atoms with van der Waals surface area (Å²) < 4.78 is 17.5. The molecule has 15 heavy (non-hydrogen) atoms. The number of aromatic hydroxyl groups is 1.